The zero-order chi connectivity index (χ0) is 17.4. The first-order valence-electron chi connectivity index (χ1n) is 8.32. The second-order valence-corrected chi connectivity index (χ2v) is 5.79. The molecular formula is C20H25NO3. The molecule has 0 radical (unpaired) electrons. The number of ether oxygens (including phenoxy) is 2. The number of anilines is 1. The summed E-state index contributed by atoms with van der Waals surface area (Å²) in [7, 11) is 0. The first-order valence-corrected chi connectivity index (χ1v) is 8.32. The van der Waals surface area contributed by atoms with Gasteiger partial charge in [0.1, 0.15) is 11.5 Å². The van der Waals surface area contributed by atoms with Gasteiger partial charge in [0.05, 0.1) is 6.61 Å². The molecular weight excluding hydrogens is 302 g/mol. The van der Waals surface area contributed by atoms with Gasteiger partial charge in [0.25, 0.3) is 5.91 Å². The van der Waals surface area contributed by atoms with Crippen molar-refractivity contribution >= 4 is 11.6 Å². The van der Waals surface area contributed by atoms with E-state index in [-0.39, 0.29) is 12.5 Å². The summed E-state index contributed by atoms with van der Waals surface area (Å²) in [5.74, 6) is 1.34. The van der Waals surface area contributed by atoms with E-state index in [1.165, 1.54) is 0 Å². The second-order valence-electron chi connectivity index (χ2n) is 5.79. The SMILES string of the molecule is CCCCOc1cccc(NC(=O)COc2c(C)cccc2C)c1. The lowest BCUT2D eigenvalue weighted by Crippen LogP contribution is -2.20. The van der Waals surface area contributed by atoms with Crippen LogP contribution in [0.2, 0.25) is 0 Å². The van der Waals surface area contributed by atoms with Crippen LogP contribution in [0.15, 0.2) is 42.5 Å². The fraction of sp³-hybridized carbons (Fsp3) is 0.350. The standard InChI is InChI=1S/C20H25NO3/c1-4-5-12-23-18-11-7-10-17(13-18)21-19(22)14-24-20-15(2)8-6-9-16(20)3/h6-11,13H,4-5,12,14H2,1-3H3,(H,21,22). The Balaban J connectivity index is 1.89. The summed E-state index contributed by atoms with van der Waals surface area (Å²) in [5.41, 5.74) is 2.75. The highest BCUT2D eigenvalue weighted by Gasteiger charge is 2.08. The van der Waals surface area contributed by atoms with E-state index in [0.717, 1.165) is 35.5 Å². The molecule has 0 fully saturated rings. The van der Waals surface area contributed by atoms with Gasteiger partial charge in [-0.3, -0.25) is 4.79 Å². The van der Waals surface area contributed by atoms with Crippen LogP contribution < -0.4 is 14.8 Å². The zero-order valence-electron chi connectivity index (χ0n) is 14.6. The van der Waals surface area contributed by atoms with Crippen molar-refractivity contribution in [3.63, 3.8) is 0 Å². The third-order valence-corrected chi connectivity index (χ3v) is 3.64. The molecule has 0 aliphatic heterocycles. The molecule has 0 heterocycles. The number of amides is 1. The van der Waals surface area contributed by atoms with Crippen molar-refractivity contribution in [3.8, 4) is 11.5 Å². The highest BCUT2D eigenvalue weighted by Crippen LogP contribution is 2.22. The Hall–Kier alpha value is -2.49. The predicted molar refractivity (Wildman–Crippen MR) is 96.9 cm³/mol. The van der Waals surface area contributed by atoms with E-state index < -0.39 is 0 Å². The first kappa shape index (κ1) is 17.9. The van der Waals surface area contributed by atoms with Crippen LogP contribution in [-0.2, 0) is 4.79 Å². The van der Waals surface area contributed by atoms with Crippen LogP contribution in [-0.4, -0.2) is 19.1 Å². The number of para-hydroxylation sites is 1. The van der Waals surface area contributed by atoms with Gasteiger partial charge in [0, 0.05) is 11.8 Å². The van der Waals surface area contributed by atoms with Crippen molar-refractivity contribution in [2.24, 2.45) is 0 Å². The van der Waals surface area contributed by atoms with Gasteiger partial charge in [-0.15, -0.1) is 0 Å². The summed E-state index contributed by atoms with van der Waals surface area (Å²) >= 11 is 0. The Morgan fingerprint density at radius 1 is 1.04 bits per heavy atom. The van der Waals surface area contributed by atoms with Gasteiger partial charge in [-0.05, 0) is 43.5 Å². The molecule has 0 aliphatic rings. The maximum Gasteiger partial charge on any atom is 0.262 e. The van der Waals surface area contributed by atoms with Crippen LogP contribution in [0.4, 0.5) is 5.69 Å². The van der Waals surface area contributed by atoms with E-state index in [2.05, 4.69) is 12.2 Å². The molecule has 1 N–H and O–H groups in total. The molecule has 4 heteroatoms. The molecule has 128 valence electrons. The van der Waals surface area contributed by atoms with Crippen LogP contribution in [0.25, 0.3) is 0 Å². The molecule has 0 spiro atoms. The summed E-state index contributed by atoms with van der Waals surface area (Å²) in [4.78, 5) is 12.1. The van der Waals surface area contributed by atoms with Gasteiger partial charge >= 0.3 is 0 Å². The van der Waals surface area contributed by atoms with Crippen molar-refractivity contribution in [2.45, 2.75) is 33.6 Å². The zero-order valence-corrected chi connectivity index (χ0v) is 14.6. The lowest BCUT2D eigenvalue weighted by Gasteiger charge is -2.12. The minimum absolute atomic E-state index is 0.0212. The summed E-state index contributed by atoms with van der Waals surface area (Å²) in [6, 6.07) is 13.3. The molecule has 0 atom stereocenters. The first-order chi connectivity index (χ1) is 11.6. The van der Waals surface area contributed by atoms with Crippen molar-refractivity contribution < 1.29 is 14.3 Å². The molecule has 2 aromatic rings. The number of rotatable bonds is 8. The monoisotopic (exact) mass is 327 g/mol. The highest BCUT2D eigenvalue weighted by atomic mass is 16.5. The Labute approximate surface area is 143 Å². The quantitative estimate of drug-likeness (QED) is 0.726. The van der Waals surface area contributed by atoms with Crippen LogP contribution in [0.3, 0.4) is 0 Å². The lowest BCUT2D eigenvalue weighted by atomic mass is 10.1. The number of aryl methyl sites for hydroxylation is 2. The number of carbonyl (C=O) groups is 1. The molecule has 2 aromatic carbocycles. The predicted octanol–water partition coefficient (Wildman–Crippen LogP) is 4.50. The Kier molecular flexibility index (Phi) is 6.67. The maximum atomic E-state index is 12.1. The number of hydrogen-bond acceptors (Lipinski definition) is 3. The highest BCUT2D eigenvalue weighted by molar-refractivity contribution is 5.92. The third kappa shape index (κ3) is 5.30. The minimum Gasteiger partial charge on any atom is -0.494 e. The fourth-order valence-electron chi connectivity index (χ4n) is 2.36. The van der Waals surface area contributed by atoms with Gasteiger partial charge in [0.2, 0.25) is 0 Å². The van der Waals surface area contributed by atoms with Crippen molar-refractivity contribution in [3.05, 3.63) is 53.6 Å². The van der Waals surface area contributed by atoms with Crippen molar-refractivity contribution in [1.82, 2.24) is 0 Å². The van der Waals surface area contributed by atoms with Crippen LogP contribution >= 0.6 is 0 Å². The number of unbranched alkanes of at least 4 members (excludes halogenated alkanes) is 1. The molecule has 24 heavy (non-hydrogen) atoms. The number of benzene rings is 2. The summed E-state index contributed by atoms with van der Waals surface area (Å²) < 4.78 is 11.3. The minimum atomic E-state index is -0.191. The molecule has 0 aromatic heterocycles. The summed E-state index contributed by atoms with van der Waals surface area (Å²) in [6.07, 6.45) is 2.10. The normalized spacial score (nSPS) is 10.3. The topological polar surface area (TPSA) is 47.6 Å². The van der Waals surface area contributed by atoms with Crippen LogP contribution in [0.5, 0.6) is 11.5 Å². The average molecular weight is 327 g/mol. The Morgan fingerprint density at radius 3 is 2.46 bits per heavy atom. The number of nitrogens with one attached hydrogen (secondary N) is 1. The third-order valence-electron chi connectivity index (χ3n) is 3.64. The van der Waals surface area contributed by atoms with Crippen molar-refractivity contribution in [2.75, 3.05) is 18.5 Å². The van der Waals surface area contributed by atoms with E-state index in [1.807, 2.05) is 56.3 Å². The van der Waals surface area contributed by atoms with E-state index in [0.29, 0.717) is 12.3 Å². The van der Waals surface area contributed by atoms with Gasteiger partial charge in [-0.2, -0.15) is 0 Å². The average Bonchev–Trinajstić information content (AvgIpc) is 2.55. The molecule has 0 aliphatic carbocycles. The molecule has 0 bridgehead atoms. The molecule has 0 saturated carbocycles. The van der Waals surface area contributed by atoms with E-state index >= 15 is 0 Å². The van der Waals surface area contributed by atoms with Crippen molar-refractivity contribution in [1.29, 1.82) is 0 Å². The maximum absolute atomic E-state index is 12.1. The number of carbonyl (C=O) groups excluding carboxylic acids is 1. The van der Waals surface area contributed by atoms with Gasteiger partial charge < -0.3 is 14.8 Å². The van der Waals surface area contributed by atoms with Crippen LogP contribution in [0.1, 0.15) is 30.9 Å². The van der Waals surface area contributed by atoms with Crippen LogP contribution in [0, 0.1) is 13.8 Å². The van der Waals surface area contributed by atoms with E-state index in [4.69, 9.17) is 9.47 Å². The summed E-state index contributed by atoms with van der Waals surface area (Å²) in [5, 5.41) is 2.84. The molecule has 0 unspecified atom stereocenters. The van der Waals surface area contributed by atoms with E-state index in [9.17, 15) is 4.79 Å². The van der Waals surface area contributed by atoms with Gasteiger partial charge in [-0.25, -0.2) is 0 Å². The van der Waals surface area contributed by atoms with Gasteiger partial charge in [-0.1, -0.05) is 37.6 Å². The second kappa shape index (κ2) is 8.96. The molecule has 0 saturated heterocycles. The lowest BCUT2D eigenvalue weighted by molar-refractivity contribution is -0.118. The largest absolute Gasteiger partial charge is 0.494 e. The fourth-order valence-corrected chi connectivity index (χ4v) is 2.36. The summed E-state index contributed by atoms with van der Waals surface area (Å²) in [6.45, 7) is 6.72. The smallest absolute Gasteiger partial charge is 0.262 e. The molecule has 2 rings (SSSR count). The van der Waals surface area contributed by atoms with Gasteiger partial charge in [0.15, 0.2) is 6.61 Å². The molecule has 4 nitrogen and oxygen atoms in total. The number of hydrogen-bond donors (Lipinski definition) is 1. The Bertz CT molecular complexity index is 662. The molecule has 1 amide bonds. The Morgan fingerprint density at radius 2 is 1.75 bits per heavy atom. The van der Waals surface area contributed by atoms with E-state index in [1.54, 1.807) is 0 Å².